The average Bonchev–Trinajstić information content (AvgIpc) is 2.91. The third kappa shape index (κ3) is 4.96. The summed E-state index contributed by atoms with van der Waals surface area (Å²) in [5.41, 5.74) is 0. The first-order valence-corrected chi connectivity index (χ1v) is 9.93. The molecular formula is C13H13ClFNO2S3. The number of nitrogens with one attached hydrogen (secondary N) is 1. The van der Waals surface area contributed by atoms with Crippen molar-refractivity contribution in [3.63, 3.8) is 0 Å². The molecule has 1 N–H and O–H groups in total. The standard InChI is InChI=1S/C13H13ClFNO2S3/c14-10-3-4-13(12(15)8-10)21(17,18)16-5-7-19-9-11-2-1-6-20-11/h1-4,6,8,16H,5,7,9H2. The van der Waals surface area contributed by atoms with Gasteiger partial charge in [-0.1, -0.05) is 17.7 Å². The summed E-state index contributed by atoms with van der Waals surface area (Å²) in [6.07, 6.45) is 0. The van der Waals surface area contributed by atoms with Crippen LogP contribution in [0.3, 0.4) is 0 Å². The van der Waals surface area contributed by atoms with E-state index >= 15 is 0 Å². The Kier molecular flexibility index (Phi) is 6.07. The van der Waals surface area contributed by atoms with Gasteiger partial charge in [-0.3, -0.25) is 0 Å². The second-order valence-electron chi connectivity index (χ2n) is 4.10. The highest BCUT2D eigenvalue weighted by Gasteiger charge is 2.18. The molecular weight excluding hydrogens is 353 g/mol. The van der Waals surface area contributed by atoms with Crippen molar-refractivity contribution in [2.24, 2.45) is 0 Å². The molecule has 0 atom stereocenters. The third-order valence-electron chi connectivity index (χ3n) is 2.55. The molecule has 0 unspecified atom stereocenters. The minimum atomic E-state index is -3.84. The van der Waals surface area contributed by atoms with Crippen LogP contribution in [-0.2, 0) is 15.8 Å². The highest BCUT2D eigenvalue weighted by atomic mass is 35.5. The van der Waals surface area contributed by atoms with E-state index in [4.69, 9.17) is 11.6 Å². The molecule has 1 aromatic heterocycles. The Morgan fingerprint density at radius 1 is 1.33 bits per heavy atom. The van der Waals surface area contributed by atoms with Gasteiger partial charge in [0, 0.05) is 28.0 Å². The maximum atomic E-state index is 13.6. The fourth-order valence-corrected chi connectivity index (χ4v) is 4.66. The molecule has 21 heavy (non-hydrogen) atoms. The van der Waals surface area contributed by atoms with E-state index < -0.39 is 15.8 Å². The van der Waals surface area contributed by atoms with Crippen molar-refractivity contribution in [3.05, 3.63) is 51.4 Å². The second-order valence-corrected chi connectivity index (χ2v) is 8.41. The van der Waals surface area contributed by atoms with E-state index in [0.717, 1.165) is 11.8 Å². The van der Waals surface area contributed by atoms with E-state index in [0.29, 0.717) is 5.75 Å². The first-order valence-electron chi connectivity index (χ1n) is 6.04. The highest BCUT2D eigenvalue weighted by molar-refractivity contribution is 7.98. The lowest BCUT2D eigenvalue weighted by atomic mass is 10.3. The number of thioether (sulfide) groups is 1. The van der Waals surface area contributed by atoms with Crippen LogP contribution in [0.2, 0.25) is 5.02 Å². The van der Waals surface area contributed by atoms with Crippen LogP contribution in [-0.4, -0.2) is 20.7 Å². The molecule has 114 valence electrons. The molecule has 0 aliphatic heterocycles. The Morgan fingerprint density at radius 3 is 2.81 bits per heavy atom. The minimum absolute atomic E-state index is 0.165. The van der Waals surface area contributed by atoms with E-state index in [1.807, 2.05) is 17.5 Å². The second kappa shape index (κ2) is 7.60. The maximum absolute atomic E-state index is 13.6. The zero-order valence-electron chi connectivity index (χ0n) is 10.9. The van der Waals surface area contributed by atoms with Crippen LogP contribution in [0.1, 0.15) is 4.88 Å². The first kappa shape index (κ1) is 16.8. The Morgan fingerprint density at radius 2 is 2.14 bits per heavy atom. The summed E-state index contributed by atoms with van der Waals surface area (Å²) in [7, 11) is -3.84. The van der Waals surface area contributed by atoms with Crippen molar-refractivity contribution in [1.29, 1.82) is 0 Å². The molecule has 0 radical (unpaired) electrons. The Bertz CT molecular complexity index is 689. The molecule has 0 saturated heterocycles. The van der Waals surface area contributed by atoms with Gasteiger partial charge in [0.25, 0.3) is 0 Å². The van der Waals surface area contributed by atoms with Crippen molar-refractivity contribution in [2.45, 2.75) is 10.6 Å². The molecule has 0 spiro atoms. The molecule has 3 nitrogen and oxygen atoms in total. The molecule has 2 aromatic rings. The topological polar surface area (TPSA) is 46.2 Å². The Balaban J connectivity index is 1.84. The number of benzene rings is 1. The Hall–Kier alpha value is -0.600. The smallest absolute Gasteiger partial charge is 0.210 e. The molecule has 0 amide bonds. The van der Waals surface area contributed by atoms with Crippen molar-refractivity contribution in [1.82, 2.24) is 4.72 Å². The maximum Gasteiger partial charge on any atom is 0.243 e. The van der Waals surface area contributed by atoms with Gasteiger partial charge in [-0.2, -0.15) is 11.8 Å². The number of hydrogen-bond donors (Lipinski definition) is 1. The normalized spacial score (nSPS) is 11.7. The fraction of sp³-hybridized carbons (Fsp3) is 0.231. The van der Waals surface area contributed by atoms with E-state index in [1.165, 1.54) is 17.0 Å². The van der Waals surface area contributed by atoms with Crippen LogP contribution >= 0.6 is 34.7 Å². The number of sulfonamides is 1. The quantitative estimate of drug-likeness (QED) is 0.760. The van der Waals surface area contributed by atoms with Crippen LogP contribution in [0.15, 0.2) is 40.6 Å². The van der Waals surface area contributed by atoms with Gasteiger partial charge in [0.15, 0.2) is 0 Å². The zero-order valence-corrected chi connectivity index (χ0v) is 14.1. The third-order valence-corrected chi connectivity index (χ3v) is 6.34. The van der Waals surface area contributed by atoms with Crippen molar-refractivity contribution < 1.29 is 12.8 Å². The summed E-state index contributed by atoms with van der Waals surface area (Å²) in [6, 6.07) is 7.52. The van der Waals surface area contributed by atoms with Crippen molar-refractivity contribution in [3.8, 4) is 0 Å². The summed E-state index contributed by atoms with van der Waals surface area (Å²) in [5, 5.41) is 2.17. The molecule has 0 fully saturated rings. The number of rotatable bonds is 7. The van der Waals surface area contributed by atoms with Crippen LogP contribution in [0.4, 0.5) is 4.39 Å². The molecule has 0 aliphatic carbocycles. The van der Waals surface area contributed by atoms with E-state index in [2.05, 4.69) is 4.72 Å². The highest BCUT2D eigenvalue weighted by Crippen LogP contribution is 2.19. The molecule has 2 rings (SSSR count). The average molecular weight is 366 g/mol. The largest absolute Gasteiger partial charge is 0.243 e. The van der Waals surface area contributed by atoms with Gasteiger partial charge >= 0.3 is 0 Å². The number of thiophene rings is 1. The summed E-state index contributed by atoms with van der Waals surface area (Å²) in [5.74, 6) is 0.613. The summed E-state index contributed by atoms with van der Waals surface area (Å²) in [6.45, 7) is 0.250. The van der Waals surface area contributed by atoms with Crippen molar-refractivity contribution >= 4 is 44.7 Å². The fourth-order valence-electron chi connectivity index (χ4n) is 1.59. The van der Waals surface area contributed by atoms with E-state index in [9.17, 15) is 12.8 Å². The molecule has 1 heterocycles. The number of hydrogen-bond acceptors (Lipinski definition) is 4. The Labute approximate surface area is 136 Å². The number of halogens is 2. The summed E-state index contributed by atoms with van der Waals surface area (Å²) >= 11 is 8.89. The predicted molar refractivity (Wildman–Crippen MR) is 87.1 cm³/mol. The molecule has 1 aromatic carbocycles. The SMILES string of the molecule is O=S(=O)(NCCSCc1cccs1)c1ccc(Cl)cc1F. The first-order chi connectivity index (χ1) is 9.99. The van der Waals surface area contributed by atoms with E-state index in [-0.39, 0.29) is 16.5 Å². The van der Waals surface area contributed by atoms with Crippen LogP contribution in [0.25, 0.3) is 0 Å². The van der Waals surface area contributed by atoms with Crippen molar-refractivity contribution in [2.75, 3.05) is 12.3 Å². The monoisotopic (exact) mass is 365 g/mol. The molecule has 0 bridgehead atoms. The van der Waals surface area contributed by atoms with Crippen LogP contribution in [0, 0.1) is 5.82 Å². The van der Waals surface area contributed by atoms with Gasteiger partial charge in [0.05, 0.1) is 0 Å². The molecule has 8 heteroatoms. The van der Waals surface area contributed by atoms with Crippen LogP contribution < -0.4 is 4.72 Å². The van der Waals surface area contributed by atoms with Gasteiger partial charge < -0.3 is 0 Å². The molecule has 0 saturated carbocycles. The van der Waals surface area contributed by atoms with Gasteiger partial charge in [0.2, 0.25) is 10.0 Å². The van der Waals surface area contributed by atoms with Gasteiger partial charge in [0.1, 0.15) is 10.7 Å². The zero-order chi connectivity index (χ0) is 15.3. The minimum Gasteiger partial charge on any atom is -0.210 e. The van der Waals surface area contributed by atoms with Crippen LogP contribution in [0.5, 0.6) is 0 Å². The van der Waals surface area contributed by atoms with Gasteiger partial charge in [-0.25, -0.2) is 17.5 Å². The lowest BCUT2D eigenvalue weighted by Crippen LogP contribution is -2.26. The van der Waals surface area contributed by atoms with E-state index in [1.54, 1.807) is 23.1 Å². The summed E-state index contributed by atoms with van der Waals surface area (Å²) in [4.78, 5) is 0.863. The predicted octanol–water partition coefficient (Wildman–Crippen LogP) is 3.75. The van der Waals surface area contributed by atoms with Gasteiger partial charge in [-0.15, -0.1) is 11.3 Å². The lowest BCUT2D eigenvalue weighted by Gasteiger charge is -2.07. The molecule has 0 aliphatic rings. The van der Waals surface area contributed by atoms with Gasteiger partial charge in [-0.05, 0) is 29.6 Å². The summed E-state index contributed by atoms with van der Waals surface area (Å²) < 4.78 is 39.9. The lowest BCUT2D eigenvalue weighted by molar-refractivity contribution is 0.559.